The largest absolute Gasteiger partial charge is 0.790 e. The van der Waals surface area contributed by atoms with Crippen LogP contribution >= 0.6 is 35.2 Å². The maximum atomic E-state index is 12.9. The van der Waals surface area contributed by atoms with Crippen molar-refractivity contribution in [2.75, 3.05) is 37.8 Å². The molecule has 0 radical (unpaired) electrons. The van der Waals surface area contributed by atoms with Crippen molar-refractivity contribution >= 4 is 69.1 Å². The minimum absolute atomic E-state index is 0.0177. The number of thioether (sulfide) groups is 1. The van der Waals surface area contributed by atoms with Crippen LogP contribution in [-0.4, -0.2) is 103 Å². The number of anilines is 1. The summed E-state index contributed by atoms with van der Waals surface area (Å²) in [4.78, 5) is 98.2. The number of nitrogens with two attached hydrogens (primary N) is 1. The molecule has 0 aliphatic carbocycles. The Bertz CT molecular complexity index is 2320. The van der Waals surface area contributed by atoms with Gasteiger partial charge in [0.25, 0.3) is 15.6 Å². The molecular formula is C53H94N7O17P3S-4. The molecule has 0 aromatic carbocycles. The van der Waals surface area contributed by atoms with Crippen molar-refractivity contribution in [1.29, 1.82) is 0 Å². The molecule has 468 valence electrons. The Kier molecular flexibility index (Phi) is 33.4. The molecule has 1 aliphatic heterocycles. The second-order valence-electron chi connectivity index (χ2n) is 22.9. The molecule has 3 heterocycles. The maximum absolute atomic E-state index is 12.9. The Labute approximate surface area is 484 Å². The van der Waals surface area contributed by atoms with Crippen molar-refractivity contribution in [3.63, 3.8) is 0 Å². The fraction of sp³-hybridized carbons (Fsp3) is 0.849. The number of imidazole rings is 1. The van der Waals surface area contributed by atoms with Crippen LogP contribution in [0.1, 0.15) is 202 Å². The number of aliphatic hydroxyl groups excluding tert-OH is 2. The van der Waals surface area contributed by atoms with Crippen molar-refractivity contribution in [3.05, 3.63) is 12.7 Å². The van der Waals surface area contributed by atoms with Crippen molar-refractivity contribution in [3.8, 4) is 0 Å². The lowest BCUT2D eigenvalue weighted by atomic mass is 9.84. The van der Waals surface area contributed by atoms with Gasteiger partial charge in [-0.15, -0.1) is 0 Å². The standard InChI is InChI=1S/C53H98N7O17P3S/c1-8-9-10-11-12-13-14-15-16-17-18-19-20-21-22-23-24-25-26-38(2)31-39(3)32-40(4)33-41(5)52(65)81-30-29-55-43(61)27-28-56-50(64)47(63)53(6,7)35-74-80(71,72)77-79(69,70)73-34-42-46(76-78(66,67)68)45(62)51(75-42)60-37-59-44-48(54)57-36-58-49(44)60/h36-42,45-47,51,62-63H,8-35H2,1-7H3,(H,55,61)(H,56,64)(H,69,70)(H,71,72)(H2,54,57,58)(H2,66,67,68)/p-4/t38-,39-,40-,41-,42-,45-,46-,47+,51-/m1/s1. The Morgan fingerprint density at radius 2 is 1.32 bits per heavy atom. The summed E-state index contributed by atoms with van der Waals surface area (Å²) < 4.78 is 61.2. The number of nitrogen functional groups attached to an aromatic ring is 1. The molecule has 0 spiro atoms. The van der Waals surface area contributed by atoms with Gasteiger partial charge in [-0.25, -0.2) is 19.3 Å². The second kappa shape index (κ2) is 37.2. The number of phosphoric ester groups is 3. The molecule has 2 aromatic rings. The lowest BCUT2D eigenvalue weighted by Crippen LogP contribution is -2.46. The summed E-state index contributed by atoms with van der Waals surface area (Å²) in [6.07, 6.45) is 21.6. The maximum Gasteiger partial charge on any atom is 0.274 e. The van der Waals surface area contributed by atoms with E-state index >= 15 is 0 Å². The van der Waals surface area contributed by atoms with Crippen LogP contribution in [0, 0.1) is 29.1 Å². The van der Waals surface area contributed by atoms with Crippen molar-refractivity contribution < 1.29 is 80.5 Å². The highest BCUT2D eigenvalue weighted by atomic mass is 32.2. The summed E-state index contributed by atoms with van der Waals surface area (Å²) in [6, 6.07) is 0. The molecule has 0 bridgehead atoms. The van der Waals surface area contributed by atoms with E-state index in [0.29, 0.717) is 23.5 Å². The van der Waals surface area contributed by atoms with Crippen LogP contribution in [0.15, 0.2) is 12.7 Å². The van der Waals surface area contributed by atoms with E-state index in [1.54, 1.807) is 0 Å². The average Bonchev–Trinajstić information content (AvgIpc) is 4.10. The number of aliphatic hydroxyl groups is 2. The monoisotopic (exact) mass is 1230 g/mol. The van der Waals surface area contributed by atoms with Gasteiger partial charge in [0.05, 0.1) is 27.4 Å². The average molecular weight is 1230 g/mol. The zero-order chi connectivity index (χ0) is 60.2. The van der Waals surface area contributed by atoms with Crippen LogP contribution < -0.4 is 35.9 Å². The molecule has 2 aromatic heterocycles. The molecule has 81 heavy (non-hydrogen) atoms. The summed E-state index contributed by atoms with van der Waals surface area (Å²) in [7, 11) is -17.6. The van der Waals surface area contributed by atoms with E-state index in [1.165, 1.54) is 142 Å². The van der Waals surface area contributed by atoms with E-state index in [0.717, 1.165) is 41.8 Å². The number of amides is 2. The summed E-state index contributed by atoms with van der Waals surface area (Å²) in [5.74, 6) is 0.388. The van der Waals surface area contributed by atoms with Crippen molar-refractivity contribution in [2.24, 2.45) is 29.1 Å². The highest BCUT2D eigenvalue weighted by molar-refractivity contribution is 8.13. The number of carbonyl (C=O) groups is 3. The number of phosphoric acid groups is 3. The van der Waals surface area contributed by atoms with Gasteiger partial charge in [-0.1, -0.05) is 182 Å². The molecular weight excluding hydrogens is 1130 g/mol. The summed E-state index contributed by atoms with van der Waals surface area (Å²) in [5.41, 5.74) is 4.11. The van der Waals surface area contributed by atoms with E-state index in [2.05, 4.69) is 71.2 Å². The van der Waals surface area contributed by atoms with Gasteiger partial charge in [0.1, 0.15) is 36.3 Å². The predicted molar refractivity (Wildman–Crippen MR) is 302 cm³/mol. The van der Waals surface area contributed by atoms with E-state index in [1.807, 2.05) is 6.92 Å². The van der Waals surface area contributed by atoms with Gasteiger partial charge in [0.2, 0.25) is 11.8 Å². The SMILES string of the molecule is CCCCCCCCCCCCCCCCCCCC[C@@H](C)C[C@@H](C)C[C@@H](C)C[C@@H](C)C(=O)SCCNC(=O)CCNC(=O)[C@H](O)C(C)(C)COP(=O)([O-])OP(=O)([O-])OC[C@H]1O[C@@H](n2cnc3c(N)ncnc32)[C@H](O)[C@@H]1OP(=O)([O-])[O-]. The number of ether oxygens (including phenoxy) is 1. The third kappa shape index (κ3) is 29.0. The quantitative estimate of drug-likeness (QED) is 0.0321. The van der Waals surface area contributed by atoms with Crippen LogP contribution in [0.2, 0.25) is 0 Å². The molecule has 24 nitrogen and oxygen atoms in total. The Hall–Kier alpha value is -2.44. The molecule has 1 aliphatic rings. The summed E-state index contributed by atoms with van der Waals surface area (Å²) in [6.45, 7) is 11.3. The van der Waals surface area contributed by atoms with Gasteiger partial charge >= 0.3 is 0 Å². The summed E-state index contributed by atoms with van der Waals surface area (Å²) in [5, 5.41) is 26.7. The molecule has 0 saturated carbocycles. The van der Waals surface area contributed by atoms with Gasteiger partial charge in [0.15, 0.2) is 22.8 Å². The highest BCUT2D eigenvalue weighted by Crippen LogP contribution is 2.56. The zero-order valence-corrected chi connectivity index (χ0v) is 52.3. The van der Waals surface area contributed by atoms with Gasteiger partial charge in [-0.05, 0) is 37.0 Å². The Balaban J connectivity index is 1.24. The molecule has 2 unspecified atom stereocenters. The van der Waals surface area contributed by atoms with Gasteiger partial charge in [-0.2, -0.15) is 0 Å². The molecule has 3 rings (SSSR count). The fourth-order valence-electron chi connectivity index (χ4n) is 10.2. The Morgan fingerprint density at radius 3 is 1.90 bits per heavy atom. The smallest absolute Gasteiger partial charge is 0.274 e. The molecule has 11 atom stereocenters. The zero-order valence-electron chi connectivity index (χ0n) is 48.8. The first-order valence-corrected chi connectivity index (χ1v) is 34.5. The van der Waals surface area contributed by atoms with Crippen molar-refractivity contribution in [1.82, 2.24) is 30.2 Å². The van der Waals surface area contributed by atoms with E-state index in [4.69, 9.17) is 10.5 Å². The third-order valence-corrected chi connectivity index (χ3v) is 18.6. The first-order valence-electron chi connectivity index (χ1n) is 29.1. The highest BCUT2D eigenvalue weighted by Gasteiger charge is 2.47. The van der Waals surface area contributed by atoms with E-state index in [9.17, 15) is 57.9 Å². The molecule has 1 saturated heterocycles. The van der Waals surface area contributed by atoms with Crippen LogP contribution in [-0.2, 0) is 50.7 Å². The fourth-order valence-corrected chi connectivity index (χ4v) is 13.7. The minimum atomic E-state index is -5.93. The van der Waals surface area contributed by atoms with Crippen LogP contribution in [0.25, 0.3) is 11.2 Å². The topological polar surface area (TPSA) is 375 Å². The van der Waals surface area contributed by atoms with Crippen LogP contribution in [0.4, 0.5) is 5.82 Å². The number of unbranched alkanes of at least 4 members (excludes halogenated alkanes) is 17. The minimum Gasteiger partial charge on any atom is -0.790 e. The number of hydrogen-bond acceptors (Lipinski definition) is 22. The molecule has 2 amide bonds. The van der Waals surface area contributed by atoms with Crippen LogP contribution in [0.3, 0.4) is 0 Å². The lowest BCUT2D eigenvalue weighted by Gasteiger charge is -2.36. The number of carbonyl (C=O) groups excluding carboxylic acids is 3. The molecule has 28 heteroatoms. The first kappa shape index (κ1) is 72.8. The van der Waals surface area contributed by atoms with E-state index < -0.39 is 84.6 Å². The van der Waals surface area contributed by atoms with Gasteiger partial charge < -0.3 is 69.0 Å². The number of fused-ring (bicyclic) bond motifs is 1. The number of nitrogens with one attached hydrogen (secondary N) is 2. The third-order valence-electron chi connectivity index (χ3n) is 14.5. The predicted octanol–water partition coefficient (Wildman–Crippen LogP) is 7.28. The normalized spacial score (nSPS) is 20.3. The van der Waals surface area contributed by atoms with E-state index in [-0.39, 0.29) is 47.5 Å². The molecule has 6 N–H and O–H groups in total. The summed E-state index contributed by atoms with van der Waals surface area (Å²) >= 11 is 1.16. The first-order chi connectivity index (χ1) is 38.1. The number of aromatic nitrogens is 4. The lowest BCUT2D eigenvalue weighted by molar-refractivity contribution is -0.347. The molecule has 1 fully saturated rings. The van der Waals surface area contributed by atoms with Crippen LogP contribution in [0.5, 0.6) is 0 Å². The van der Waals surface area contributed by atoms with Gasteiger partial charge in [-0.3, -0.25) is 28.1 Å². The Morgan fingerprint density at radius 1 is 0.778 bits per heavy atom. The van der Waals surface area contributed by atoms with Gasteiger partial charge in [0, 0.05) is 36.6 Å². The number of nitrogens with zero attached hydrogens (tertiary/aromatic N) is 4. The number of rotatable bonds is 45. The van der Waals surface area contributed by atoms with Crippen molar-refractivity contribution in [2.45, 2.75) is 227 Å². The second-order valence-corrected chi connectivity index (χ2v) is 28.0. The number of hydrogen-bond donors (Lipinski definition) is 5.